The van der Waals surface area contributed by atoms with Crippen molar-refractivity contribution in [1.82, 2.24) is 29.9 Å². The van der Waals surface area contributed by atoms with E-state index in [-0.39, 0.29) is 5.91 Å². The summed E-state index contributed by atoms with van der Waals surface area (Å²) in [7, 11) is 0. The lowest BCUT2D eigenvalue weighted by Crippen LogP contribution is -2.46. The number of piperazine rings is 1. The molecule has 1 N–H and O–H groups in total. The van der Waals surface area contributed by atoms with Gasteiger partial charge in [-0.1, -0.05) is 67.2 Å². The van der Waals surface area contributed by atoms with Crippen LogP contribution in [0, 0.1) is 0 Å². The predicted octanol–water partition coefficient (Wildman–Crippen LogP) is 3.25. The number of para-hydroxylation sites is 1. The van der Waals surface area contributed by atoms with E-state index in [4.69, 9.17) is 0 Å². The standard InChI is InChI=1S/C26H34N6OS/c1-2-23-11-6-7-12-24(23)32-21-28-29-26(32)34-20-25(33)27-13-8-14-30-15-17-31(18-16-30)19-22-9-4-3-5-10-22/h3-7,9-12,21H,2,8,13-20H2,1H3,(H,27,33). The summed E-state index contributed by atoms with van der Waals surface area (Å²) < 4.78 is 1.97. The van der Waals surface area contributed by atoms with Crippen molar-refractivity contribution in [2.24, 2.45) is 0 Å². The normalized spacial score (nSPS) is 14.9. The summed E-state index contributed by atoms with van der Waals surface area (Å²) in [6.45, 7) is 9.26. The number of aryl methyl sites for hydroxylation is 1. The lowest BCUT2D eigenvalue weighted by molar-refractivity contribution is -0.118. The maximum absolute atomic E-state index is 12.4. The summed E-state index contributed by atoms with van der Waals surface area (Å²) in [5.41, 5.74) is 3.68. The predicted molar refractivity (Wildman–Crippen MR) is 137 cm³/mol. The number of carbonyl (C=O) groups excluding carboxylic acids is 1. The van der Waals surface area contributed by atoms with Gasteiger partial charge in [-0.3, -0.25) is 14.3 Å². The van der Waals surface area contributed by atoms with Gasteiger partial charge in [0, 0.05) is 39.3 Å². The largest absolute Gasteiger partial charge is 0.355 e. The smallest absolute Gasteiger partial charge is 0.230 e. The van der Waals surface area contributed by atoms with Gasteiger partial charge < -0.3 is 10.2 Å². The van der Waals surface area contributed by atoms with Crippen LogP contribution in [0.25, 0.3) is 5.69 Å². The molecule has 180 valence electrons. The first kappa shape index (κ1) is 24.4. The Labute approximate surface area is 206 Å². The van der Waals surface area contributed by atoms with Crippen LogP contribution in [-0.2, 0) is 17.8 Å². The highest BCUT2D eigenvalue weighted by atomic mass is 32.2. The van der Waals surface area contributed by atoms with E-state index < -0.39 is 0 Å². The third kappa shape index (κ3) is 6.91. The van der Waals surface area contributed by atoms with Crippen molar-refractivity contribution in [3.8, 4) is 5.69 Å². The molecule has 0 atom stereocenters. The monoisotopic (exact) mass is 478 g/mol. The lowest BCUT2D eigenvalue weighted by Gasteiger charge is -2.34. The molecule has 2 aromatic carbocycles. The Bertz CT molecular complexity index is 1030. The van der Waals surface area contributed by atoms with E-state index >= 15 is 0 Å². The van der Waals surface area contributed by atoms with Crippen LogP contribution < -0.4 is 5.32 Å². The molecular weight excluding hydrogens is 444 g/mol. The first-order chi connectivity index (χ1) is 16.7. The van der Waals surface area contributed by atoms with Crippen molar-refractivity contribution in [1.29, 1.82) is 0 Å². The van der Waals surface area contributed by atoms with Gasteiger partial charge in [0.05, 0.1) is 11.4 Å². The van der Waals surface area contributed by atoms with Crippen LogP contribution in [0.15, 0.2) is 66.1 Å². The number of thioether (sulfide) groups is 1. The van der Waals surface area contributed by atoms with Crippen LogP contribution in [-0.4, -0.2) is 75.5 Å². The Morgan fingerprint density at radius 3 is 2.53 bits per heavy atom. The molecule has 7 nitrogen and oxygen atoms in total. The van der Waals surface area contributed by atoms with Crippen LogP contribution in [0.5, 0.6) is 0 Å². The number of aromatic nitrogens is 3. The number of nitrogens with one attached hydrogen (secondary N) is 1. The molecule has 8 heteroatoms. The maximum Gasteiger partial charge on any atom is 0.230 e. The second kappa shape index (κ2) is 12.7. The highest BCUT2D eigenvalue weighted by molar-refractivity contribution is 7.99. The maximum atomic E-state index is 12.4. The molecule has 0 aliphatic carbocycles. The Kier molecular flexibility index (Phi) is 9.12. The third-order valence-electron chi connectivity index (χ3n) is 6.17. The number of nitrogens with zero attached hydrogens (tertiary/aromatic N) is 5. The summed E-state index contributed by atoms with van der Waals surface area (Å²) >= 11 is 1.42. The Morgan fingerprint density at radius 1 is 1.00 bits per heavy atom. The van der Waals surface area contributed by atoms with Gasteiger partial charge in [-0.05, 0) is 36.6 Å². The van der Waals surface area contributed by atoms with Gasteiger partial charge in [-0.25, -0.2) is 0 Å². The van der Waals surface area contributed by atoms with Crippen LogP contribution in [0.3, 0.4) is 0 Å². The minimum atomic E-state index is 0.0380. The minimum Gasteiger partial charge on any atom is -0.355 e. The number of amides is 1. The number of rotatable bonds is 11. The van der Waals surface area contributed by atoms with Gasteiger partial charge in [0.2, 0.25) is 5.91 Å². The topological polar surface area (TPSA) is 66.3 Å². The van der Waals surface area contributed by atoms with Gasteiger partial charge >= 0.3 is 0 Å². The highest BCUT2D eigenvalue weighted by Gasteiger charge is 2.17. The molecule has 1 saturated heterocycles. The van der Waals surface area contributed by atoms with Crippen LogP contribution in [0.2, 0.25) is 0 Å². The average Bonchev–Trinajstić information content (AvgIpc) is 3.35. The molecule has 0 saturated carbocycles. The zero-order valence-electron chi connectivity index (χ0n) is 19.9. The van der Waals surface area contributed by atoms with Crippen molar-refractivity contribution in [3.05, 3.63) is 72.1 Å². The van der Waals surface area contributed by atoms with Crippen LogP contribution in [0.4, 0.5) is 0 Å². The fourth-order valence-corrected chi connectivity index (χ4v) is 5.01. The van der Waals surface area contributed by atoms with Crippen molar-refractivity contribution in [2.45, 2.75) is 31.5 Å². The highest BCUT2D eigenvalue weighted by Crippen LogP contribution is 2.22. The molecule has 4 rings (SSSR count). The lowest BCUT2D eigenvalue weighted by atomic mass is 10.1. The number of hydrogen-bond acceptors (Lipinski definition) is 6. The Morgan fingerprint density at radius 2 is 1.74 bits per heavy atom. The molecule has 1 amide bonds. The summed E-state index contributed by atoms with van der Waals surface area (Å²) in [6, 6.07) is 18.9. The summed E-state index contributed by atoms with van der Waals surface area (Å²) in [4.78, 5) is 17.4. The van der Waals surface area contributed by atoms with E-state index in [1.54, 1.807) is 6.33 Å². The molecule has 2 heterocycles. The minimum absolute atomic E-state index is 0.0380. The van der Waals surface area contributed by atoms with Crippen molar-refractivity contribution >= 4 is 17.7 Å². The van der Waals surface area contributed by atoms with E-state index in [1.807, 2.05) is 16.7 Å². The van der Waals surface area contributed by atoms with Gasteiger partial charge in [-0.15, -0.1) is 10.2 Å². The van der Waals surface area contributed by atoms with E-state index in [2.05, 4.69) is 74.7 Å². The molecule has 0 spiro atoms. The van der Waals surface area contributed by atoms with E-state index in [1.165, 1.54) is 22.9 Å². The fourth-order valence-electron chi connectivity index (χ4n) is 4.26. The molecule has 1 fully saturated rings. The summed E-state index contributed by atoms with van der Waals surface area (Å²) in [5.74, 6) is 0.376. The van der Waals surface area contributed by atoms with Crippen LogP contribution in [0.1, 0.15) is 24.5 Å². The van der Waals surface area contributed by atoms with Crippen LogP contribution >= 0.6 is 11.8 Å². The molecule has 34 heavy (non-hydrogen) atoms. The van der Waals surface area contributed by atoms with Gasteiger partial charge in [0.15, 0.2) is 5.16 Å². The molecular formula is C26H34N6OS. The Balaban J connectivity index is 1.12. The summed E-state index contributed by atoms with van der Waals surface area (Å²) in [5, 5.41) is 12.1. The zero-order chi connectivity index (χ0) is 23.6. The summed E-state index contributed by atoms with van der Waals surface area (Å²) in [6.07, 6.45) is 3.62. The van der Waals surface area contributed by atoms with Gasteiger partial charge in [0.25, 0.3) is 0 Å². The van der Waals surface area contributed by atoms with E-state index in [0.29, 0.717) is 12.3 Å². The average molecular weight is 479 g/mol. The second-order valence-electron chi connectivity index (χ2n) is 8.56. The van der Waals surface area contributed by atoms with E-state index in [9.17, 15) is 4.79 Å². The van der Waals surface area contributed by atoms with Crippen molar-refractivity contribution in [3.63, 3.8) is 0 Å². The van der Waals surface area contributed by atoms with Crippen molar-refractivity contribution in [2.75, 3.05) is 45.0 Å². The molecule has 1 aliphatic rings. The molecule has 0 radical (unpaired) electrons. The Hall–Kier alpha value is -2.68. The fraction of sp³-hybridized carbons (Fsp3) is 0.423. The zero-order valence-corrected chi connectivity index (χ0v) is 20.7. The molecule has 0 unspecified atom stereocenters. The van der Waals surface area contributed by atoms with E-state index in [0.717, 1.165) is 63.0 Å². The van der Waals surface area contributed by atoms with Gasteiger partial charge in [-0.2, -0.15) is 0 Å². The number of benzene rings is 2. The first-order valence-corrected chi connectivity index (χ1v) is 13.1. The molecule has 1 aliphatic heterocycles. The molecule has 1 aromatic heterocycles. The second-order valence-corrected chi connectivity index (χ2v) is 9.50. The number of hydrogen-bond donors (Lipinski definition) is 1. The van der Waals surface area contributed by atoms with Gasteiger partial charge in [0.1, 0.15) is 6.33 Å². The third-order valence-corrected chi connectivity index (χ3v) is 7.11. The quantitative estimate of drug-likeness (QED) is 0.337. The first-order valence-electron chi connectivity index (χ1n) is 12.1. The molecule has 3 aromatic rings. The van der Waals surface area contributed by atoms with Crippen molar-refractivity contribution < 1.29 is 4.79 Å². The molecule has 0 bridgehead atoms. The SMILES string of the molecule is CCc1ccccc1-n1cnnc1SCC(=O)NCCCN1CCN(Cc2ccccc2)CC1. The number of carbonyl (C=O) groups is 1.